The number of fused-ring (bicyclic) bond motifs is 6. The fourth-order valence-corrected chi connectivity index (χ4v) is 12.4. The molecule has 10 aromatic rings. The van der Waals surface area contributed by atoms with Crippen LogP contribution in [0.4, 0.5) is 0 Å². The minimum atomic E-state index is -3.70. The SMILES string of the molecule is [2H]c1c([2H])c([2H])c(-n2c3ccccc3c3cc(-n4c5ccccc5c5ccc([Si](c6ccccc6)(c6ccccc6)c6c([2H])c([2H])c([2H])c([2H])c6[2H])cc54)ccc32)c([2H])c1[2H]. The predicted octanol–water partition coefficient (Wildman–Crippen LogP) is 9.26. The van der Waals surface area contributed by atoms with E-state index in [0.29, 0.717) is 11.0 Å². The molecule has 0 amide bonds. The molecule has 0 fully saturated rings. The van der Waals surface area contributed by atoms with E-state index in [9.17, 15) is 2.74 Å². The molecule has 0 unspecified atom stereocenters. The van der Waals surface area contributed by atoms with Crippen molar-refractivity contribution in [2.24, 2.45) is 0 Å². The lowest BCUT2D eigenvalue weighted by Crippen LogP contribution is -2.74. The normalized spacial score (nSPS) is 14.7. The quantitative estimate of drug-likeness (QED) is 0.123. The van der Waals surface area contributed by atoms with Crippen LogP contribution >= 0.6 is 0 Å². The third kappa shape index (κ3) is 4.49. The summed E-state index contributed by atoms with van der Waals surface area (Å²) in [6.07, 6.45) is 0. The topological polar surface area (TPSA) is 9.86 Å². The third-order valence-electron chi connectivity index (χ3n) is 10.0. The summed E-state index contributed by atoms with van der Waals surface area (Å²) in [6, 6.07) is 44.0. The fraction of sp³-hybridized carbons (Fsp3) is 0. The van der Waals surface area contributed by atoms with E-state index < -0.39 is 32.2 Å². The van der Waals surface area contributed by atoms with E-state index in [4.69, 9.17) is 11.0 Å². The highest BCUT2D eigenvalue weighted by Crippen LogP contribution is 2.36. The van der Waals surface area contributed by atoms with Gasteiger partial charge in [-0.15, -0.1) is 0 Å². The Kier molecular flexibility index (Phi) is 4.87. The van der Waals surface area contributed by atoms with Gasteiger partial charge in [0.25, 0.3) is 0 Å². The Morgan fingerprint density at radius 1 is 0.333 bits per heavy atom. The molecular weight excluding hydrogens is 633 g/mol. The fourth-order valence-electron chi connectivity index (χ4n) is 7.92. The standard InChI is InChI=1S/C48H34N2Si/c1-5-17-35(18-6-1)49-46-28-16-14-26-42(46)44-33-36(29-32-47(44)49)50-45-27-15-13-25-41(45)43-31-30-40(34-48(43)50)51(37-19-7-2-8-20-37,38-21-9-3-10-22-38)39-23-11-4-12-24-39/h1-34H/i1D,2D,5D,6D,7D,8D,17D,18D,19D,20D. The van der Waals surface area contributed by atoms with Gasteiger partial charge in [0, 0.05) is 32.9 Å². The van der Waals surface area contributed by atoms with Crippen LogP contribution in [0.1, 0.15) is 13.7 Å². The van der Waals surface area contributed by atoms with Gasteiger partial charge in [-0.2, -0.15) is 0 Å². The lowest BCUT2D eigenvalue weighted by atomic mass is 10.1. The monoisotopic (exact) mass is 676 g/mol. The molecule has 0 radical (unpaired) electrons. The molecule has 10 rings (SSSR count). The van der Waals surface area contributed by atoms with Gasteiger partial charge in [0.15, 0.2) is 8.07 Å². The van der Waals surface area contributed by atoms with Crippen molar-refractivity contribution < 1.29 is 13.7 Å². The van der Waals surface area contributed by atoms with Gasteiger partial charge in [-0.25, -0.2) is 0 Å². The predicted molar refractivity (Wildman–Crippen MR) is 219 cm³/mol. The molecule has 2 aromatic heterocycles. The summed E-state index contributed by atoms with van der Waals surface area (Å²) in [5, 5.41) is 6.46. The van der Waals surface area contributed by atoms with Crippen molar-refractivity contribution in [2.45, 2.75) is 0 Å². The first kappa shape index (κ1) is 20.9. The van der Waals surface area contributed by atoms with Crippen molar-refractivity contribution in [3.63, 3.8) is 0 Å². The van der Waals surface area contributed by atoms with Crippen LogP contribution in [-0.2, 0) is 0 Å². The van der Waals surface area contributed by atoms with E-state index in [2.05, 4.69) is 41.0 Å². The minimum Gasteiger partial charge on any atom is -0.309 e. The van der Waals surface area contributed by atoms with Crippen LogP contribution in [-0.4, -0.2) is 17.2 Å². The van der Waals surface area contributed by atoms with Gasteiger partial charge in [-0.3, -0.25) is 0 Å². The van der Waals surface area contributed by atoms with Crippen LogP contribution in [0.2, 0.25) is 0 Å². The Labute approximate surface area is 312 Å². The molecule has 51 heavy (non-hydrogen) atoms. The summed E-state index contributed by atoms with van der Waals surface area (Å²) in [7, 11) is -3.70. The second-order valence-corrected chi connectivity index (χ2v) is 16.3. The molecule has 2 heterocycles. The molecule has 0 bridgehead atoms. The first-order valence-electron chi connectivity index (χ1n) is 21.8. The summed E-state index contributed by atoms with van der Waals surface area (Å²) in [5.41, 5.74) is 4.03. The maximum absolute atomic E-state index is 9.44. The van der Waals surface area contributed by atoms with Crippen molar-refractivity contribution in [1.29, 1.82) is 0 Å². The number of hydrogen-bond donors (Lipinski definition) is 0. The van der Waals surface area contributed by atoms with Crippen LogP contribution < -0.4 is 20.7 Å². The second kappa shape index (κ2) is 11.9. The summed E-state index contributed by atoms with van der Waals surface area (Å²) in [6.45, 7) is 0. The van der Waals surface area contributed by atoms with Crippen LogP contribution in [0.25, 0.3) is 55.0 Å². The van der Waals surface area contributed by atoms with Crippen LogP contribution in [0.15, 0.2) is 206 Å². The molecule has 0 aliphatic carbocycles. The molecule has 0 spiro atoms. The zero-order chi connectivity index (χ0) is 42.5. The molecular formula is C48H34N2Si. The Balaban J connectivity index is 1.32. The maximum atomic E-state index is 9.44. The molecule has 0 aliphatic rings. The van der Waals surface area contributed by atoms with Gasteiger partial charge in [0.1, 0.15) is 0 Å². The molecule has 0 atom stereocenters. The molecule has 0 N–H and O–H groups in total. The smallest absolute Gasteiger partial charge is 0.179 e. The summed E-state index contributed by atoms with van der Waals surface area (Å²) in [4.78, 5) is 0. The van der Waals surface area contributed by atoms with Crippen LogP contribution in [0, 0.1) is 0 Å². The van der Waals surface area contributed by atoms with Crippen molar-refractivity contribution in [2.75, 3.05) is 0 Å². The van der Waals surface area contributed by atoms with Gasteiger partial charge < -0.3 is 9.13 Å². The van der Waals surface area contributed by atoms with Gasteiger partial charge in [-0.1, -0.05) is 158 Å². The first-order chi connectivity index (χ1) is 29.5. The summed E-state index contributed by atoms with van der Waals surface area (Å²) >= 11 is 0. The van der Waals surface area contributed by atoms with Gasteiger partial charge in [0.2, 0.25) is 0 Å². The van der Waals surface area contributed by atoms with E-state index in [1.54, 1.807) is 4.57 Å². The van der Waals surface area contributed by atoms with E-state index >= 15 is 0 Å². The third-order valence-corrected chi connectivity index (χ3v) is 14.6. The number of rotatable bonds is 6. The number of benzene rings is 8. The van der Waals surface area contributed by atoms with Crippen molar-refractivity contribution in [3.05, 3.63) is 206 Å². The highest BCUT2D eigenvalue weighted by Gasteiger charge is 2.41. The first-order valence-corrected chi connectivity index (χ1v) is 18.8. The highest BCUT2D eigenvalue weighted by atomic mass is 28.3. The zero-order valence-electron chi connectivity index (χ0n) is 37.3. The van der Waals surface area contributed by atoms with Crippen molar-refractivity contribution >= 4 is 72.4 Å². The van der Waals surface area contributed by atoms with Gasteiger partial charge in [0.05, 0.1) is 35.8 Å². The number of para-hydroxylation sites is 3. The van der Waals surface area contributed by atoms with Crippen molar-refractivity contribution in [3.8, 4) is 11.4 Å². The Hall–Kier alpha value is -6.42. The summed E-state index contributed by atoms with van der Waals surface area (Å²) < 4.78 is 91.9. The Morgan fingerprint density at radius 3 is 1.49 bits per heavy atom. The highest BCUT2D eigenvalue weighted by molar-refractivity contribution is 7.20. The molecule has 0 aliphatic heterocycles. The Bertz CT molecular complexity index is 3340. The van der Waals surface area contributed by atoms with E-state index in [1.807, 2.05) is 109 Å². The molecule has 0 saturated carbocycles. The average molecular weight is 677 g/mol. The molecule has 2 nitrogen and oxygen atoms in total. The molecule has 0 saturated heterocycles. The lowest BCUT2D eigenvalue weighted by molar-refractivity contribution is 1.17. The summed E-state index contributed by atoms with van der Waals surface area (Å²) in [5.74, 6) is 0. The van der Waals surface area contributed by atoms with Crippen molar-refractivity contribution in [1.82, 2.24) is 9.13 Å². The number of nitrogens with zero attached hydrogens (tertiary/aromatic N) is 2. The number of aromatic nitrogens is 2. The van der Waals surface area contributed by atoms with Gasteiger partial charge >= 0.3 is 0 Å². The van der Waals surface area contributed by atoms with E-state index in [-0.39, 0.29) is 47.1 Å². The molecule has 240 valence electrons. The maximum Gasteiger partial charge on any atom is 0.179 e. The van der Waals surface area contributed by atoms with E-state index in [1.165, 1.54) is 0 Å². The van der Waals surface area contributed by atoms with Crippen LogP contribution in [0.3, 0.4) is 0 Å². The largest absolute Gasteiger partial charge is 0.309 e. The average Bonchev–Trinajstić information content (AvgIpc) is 3.80. The molecule has 3 heteroatoms. The Morgan fingerprint density at radius 2 is 0.843 bits per heavy atom. The lowest BCUT2D eigenvalue weighted by Gasteiger charge is -2.34. The van der Waals surface area contributed by atoms with Crippen LogP contribution in [0.5, 0.6) is 0 Å². The number of hydrogen-bond acceptors (Lipinski definition) is 0. The zero-order valence-corrected chi connectivity index (χ0v) is 28.3. The van der Waals surface area contributed by atoms with E-state index in [0.717, 1.165) is 53.8 Å². The van der Waals surface area contributed by atoms with Gasteiger partial charge in [-0.05, 0) is 69.2 Å². The molecule has 8 aromatic carbocycles. The minimum absolute atomic E-state index is 0.0715. The second-order valence-electron chi connectivity index (χ2n) is 12.6.